The van der Waals surface area contributed by atoms with E-state index >= 15 is 0 Å². The van der Waals surface area contributed by atoms with E-state index in [1.54, 1.807) is 6.07 Å². The molecule has 1 atom stereocenters. The van der Waals surface area contributed by atoms with E-state index in [-0.39, 0.29) is 18.4 Å². The van der Waals surface area contributed by atoms with Crippen LogP contribution in [0.25, 0.3) is 0 Å². The highest BCUT2D eigenvalue weighted by atomic mass is 16.5. The number of rotatable bonds is 4. The average molecular weight is 265 g/mol. The van der Waals surface area contributed by atoms with Crippen LogP contribution in [0, 0.1) is 12.8 Å². The van der Waals surface area contributed by atoms with E-state index in [0.717, 1.165) is 5.69 Å². The van der Waals surface area contributed by atoms with Gasteiger partial charge in [-0.25, -0.2) is 0 Å². The van der Waals surface area contributed by atoms with E-state index in [2.05, 4.69) is 10.5 Å². The van der Waals surface area contributed by atoms with Crippen molar-refractivity contribution in [1.29, 1.82) is 0 Å². The first kappa shape index (κ1) is 13.6. The Morgan fingerprint density at radius 3 is 2.84 bits per heavy atom. The summed E-state index contributed by atoms with van der Waals surface area (Å²) in [7, 11) is 0. The summed E-state index contributed by atoms with van der Waals surface area (Å²) in [5.41, 5.74) is 0.766. The van der Waals surface area contributed by atoms with Crippen LogP contribution in [0.3, 0.4) is 0 Å². The number of hydrogen-bond acceptors (Lipinski definition) is 4. The first-order valence-corrected chi connectivity index (χ1v) is 6.46. The van der Waals surface area contributed by atoms with Crippen molar-refractivity contribution in [2.45, 2.75) is 39.8 Å². The summed E-state index contributed by atoms with van der Waals surface area (Å²) in [5.74, 6) is 0.773. The van der Waals surface area contributed by atoms with Gasteiger partial charge in [-0.1, -0.05) is 19.0 Å². The van der Waals surface area contributed by atoms with Crippen LogP contribution in [0.5, 0.6) is 0 Å². The fraction of sp³-hybridized carbons (Fsp3) is 0.615. The Labute approximate surface area is 112 Å². The van der Waals surface area contributed by atoms with Gasteiger partial charge in [-0.3, -0.25) is 9.59 Å². The van der Waals surface area contributed by atoms with Gasteiger partial charge in [-0.15, -0.1) is 0 Å². The largest absolute Gasteiger partial charge is 0.359 e. The van der Waals surface area contributed by atoms with Crippen molar-refractivity contribution >= 4 is 11.8 Å². The highest BCUT2D eigenvalue weighted by Crippen LogP contribution is 2.14. The first-order chi connectivity index (χ1) is 8.95. The van der Waals surface area contributed by atoms with Crippen LogP contribution >= 0.6 is 0 Å². The average Bonchev–Trinajstić information content (AvgIpc) is 2.70. The normalized spacial score (nSPS) is 20.0. The molecule has 0 aliphatic carbocycles. The minimum atomic E-state index is -0.426. The van der Waals surface area contributed by atoms with Gasteiger partial charge in [0.05, 0.1) is 12.2 Å². The maximum Gasteiger partial charge on any atom is 0.246 e. The number of carbonyl (C=O) groups excluding carboxylic acids is 2. The van der Waals surface area contributed by atoms with E-state index in [0.29, 0.717) is 24.6 Å². The van der Waals surface area contributed by atoms with Crippen LogP contribution in [0.1, 0.15) is 31.7 Å². The number of aromatic nitrogens is 1. The SMILES string of the molecule is Cc1cc(CN2CC(=O)NC(CC(C)C)C2=O)on1. The Morgan fingerprint density at radius 2 is 2.26 bits per heavy atom. The number of piperazine rings is 1. The summed E-state index contributed by atoms with van der Waals surface area (Å²) in [6.45, 7) is 6.24. The summed E-state index contributed by atoms with van der Waals surface area (Å²) in [6.07, 6.45) is 0.649. The molecule has 1 fully saturated rings. The summed E-state index contributed by atoms with van der Waals surface area (Å²) < 4.78 is 5.09. The Kier molecular flexibility index (Phi) is 3.87. The quantitative estimate of drug-likeness (QED) is 0.876. The first-order valence-electron chi connectivity index (χ1n) is 6.46. The predicted molar refractivity (Wildman–Crippen MR) is 68.0 cm³/mol. The summed E-state index contributed by atoms with van der Waals surface area (Å²) in [5, 5.41) is 6.52. The Bertz CT molecular complexity index is 481. The van der Waals surface area contributed by atoms with E-state index in [4.69, 9.17) is 4.52 Å². The molecule has 1 unspecified atom stereocenters. The lowest BCUT2D eigenvalue weighted by molar-refractivity contribution is -0.145. The summed E-state index contributed by atoms with van der Waals surface area (Å²) >= 11 is 0. The molecule has 0 saturated carbocycles. The molecule has 1 aromatic heterocycles. The lowest BCUT2D eigenvalue weighted by atomic mass is 10.0. The van der Waals surface area contributed by atoms with Crippen LogP contribution in [-0.2, 0) is 16.1 Å². The highest BCUT2D eigenvalue weighted by molar-refractivity contribution is 5.94. The fourth-order valence-corrected chi connectivity index (χ4v) is 2.22. The topological polar surface area (TPSA) is 75.4 Å². The van der Waals surface area contributed by atoms with Crippen LogP contribution in [0.4, 0.5) is 0 Å². The molecule has 6 heteroatoms. The molecule has 1 saturated heterocycles. The molecule has 6 nitrogen and oxygen atoms in total. The molecular weight excluding hydrogens is 246 g/mol. The number of amides is 2. The van der Waals surface area contributed by atoms with Crippen molar-refractivity contribution in [1.82, 2.24) is 15.4 Å². The molecule has 1 N–H and O–H groups in total. The van der Waals surface area contributed by atoms with E-state index in [9.17, 15) is 9.59 Å². The van der Waals surface area contributed by atoms with Crippen LogP contribution in [0.15, 0.2) is 10.6 Å². The molecule has 2 amide bonds. The Morgan fingerprint density at radius 1 is 1.53 bits per heavy atom. The number of nitrogens with one attached hydrogen (secondary N) is 1. The summed E-state index contributed by atoms with van der Waals surface area (Å²) in [4.78, 5) is 25.4. The molecule has 1 aliphatic heterocycles. The third-order valence-corrected chi connectivity index (χ3v) is 3.01. The van der Waals surface area contributed by atoms with Crippen molar-refractivity contribution in [2.75, 3.05) is 6.54 Å². The smallest absolute Gasteiger partial charge is 0.246 e. The maximum atomic E-state index is 12.3. The van der Waals surface area contributed by atoms with Crippen molar-refractivity contribution in [3.05, 3.63) is 17.5 Å². The van der Waals surface area contributed by atoms with Crippen LogP contribution in [-0.4, -0.2) is 34.5 Å². The second-order valence-electron chi connectivity index (χ2n) is 5.38. The van der Waals surface area contributed by atoms with Gasteiger partial charge in [0, 0.05) is 6.07 Å². The fourth-order valence-electron chi connectivity index (χ4n) is 2.22. The van der Waals surface area contributed by atoms with Crippen molar-refractivity contribution < 1.29 is 14.1 Å². The lowest BCUT2D eigenvalue weighted by Gasteiger charge is -2.32. The molecule has 104 valence electrons. The second kappa shape index (κ2) is 5.42. The monoisotopic (exact) mass is 265 g/mol. The minimum absolute atomic E-state index is 0.0534. The Balaban J connectivity index is 2.06. The van der Waals surface area contributed by atoms with E-state index in [1.807, 2.05) is 20.8 Å². The van der Waals surface area contributed by atoms with Gasteiger partial charge in [0.25, 0.3) is 0 Å². The van der Waals surface area contributed by atoms with Gasteiger partial charge in [-0.05, 0) is 19.3 Å². The standard InChI is InChI=1S/C13H19N3O3/c1-8(2)4-11-13(18)16(7-12(17)14-11)6-10-5-9(3)15-19-10/h5,8,11H,4,6-7H2,1-3H3,(H,14,17). The number of carbonyl (C=O) groups is 2. The van der Waals surface area contributed by atoms with Crippen molar-refractivity contribution in [2.24, 2.45) is 5.92 Å². The summed E-state index contributed by atoms with van der Waals surface area (Å²) in [6, 6.07) is 1.35. The van der Waals surface area contributed by atoms with Crippen LogP contribution < -0.4 is 5.32 Å². The van der Waals surface area contributed by atoms with Gasteiger partial charge < -0.3 is 14.7 Å². The molecule has 19 heavy (non-hydrogen) atoms. The molecule has 1 aromatic rings. The zero-order chi connectivity index (χ0) is 14.0. The maximum absolute atomic E-state index is 12.3. The second-order valence-corrected chi connectivity index (χ2v) is 5.38. The predicted octanol–water partition coefficient (Wildman–Crippen LogP) is 0.856. The highest BCUT2D eigenvalue weighted by Gasteiger charge is 2.33. The van der Waals surface area contributed by atoms with Gasteiger partial charge in [0.15, 0.2) is 5.76 Å². The van der Waals surface area contributed by atoms with Gasteiger partial charge >= 0.3 is 0 Å². The third-order valence-electron chi connectivity index (χ3n) is 3.01. The molecule has 0 aromatic carbocycles. The third kappa shape index (κ3) is 3.33. The molecule has 1 aliphatic rings. The number of aryl methyl sites for hydroxylation is 1. The van der Waals surface area contributed by atoms with Gasteiger partial charge in [-0.2, -0.15) is 0 Å². The lowest BCUT2D eigenvalue weighted by Crippen LogP contribution is -2.57. The molecular formula is C13H19N3O3. The van der Waals surface area contributed by atoms with Gasteiger partial charge in [0.1, 0.15) is 12.6 Å². The van der Waals surface area contributed by atoms with Crippen LogP contribution in [0.2, 0.25) is 0 Å². The zero-order valence-electron chi connectivity index (χ0n) is 11.5. The molecule has 2 heterocycles. The van der Waals surface area contributed by atoms with Gasteiger partial charge in [0.2, 0.25) is 11.8 Å². The molecule has 0 spiro atoms. The zero-order valence-corrected chi connectivity index (χ0v) is 11.5. The molecule has 2 rings (SSSR count). The molecule has 0 bridgehead atoms. The molecule has 0 radical (unpaired) electrons. The van der Waals surface area contributed by atoms with E-state index < -0.39 is 6.04 Å². The van der Waals surface area contributed by atoms with E-state index in [1.165, 1.54) is 4.90 Å². The van der Waals surface area contributed by atoms with Crippen molar-refractivity contribution in [3.63, 3.8) is 0 Å². The van der Waals surface area contributed by atoms with Crippen molar-refractivity contribution in [3.8, 4) is 0 Å². The minimum Gasteiger partial charge on any atom is -0.359 e. The number of hydrogen-bond donors (Lipinski definition) is 1. The number of nitrogens with zero attached hydrogens (tertiary/aromatic N) is 2. The Hall–Kier alpha value is -1.85.